The van der Waals surface area contributed by atoms with Crippen molar-refractivity contribution in [1.29, 1.82) is 0 Å². The summed E-state index contributed by atoms with van der Waals surface area (Å²) in [6, 6.07) is 10.9. The number of rotatable bonds is 10. The third-order valence-corrected chi connectivity index (χ3v) is 8.32. The molecular weight excluding hydrogens is 284 g/mol. The highest BCUT2D eigenvalue weighted by Gasteiger charge is 2.27. The number of hydrogen-bond acceptors (Lipinski definition) is 1. The minimum atomic E-state index is -1.59. The Labute approximate surface area is 137 Å². The molecule has 0 bridgehead atoms. The lowest BCUT2D eigenvalue weighted by molar-refractivity contribution is -0.116. The summed E-state index contributed by atoms with van der Waals surface area (Å²) in [5.74, 6) is 0.292. The zero-order valence-corrected chi connectivity index (χ0v) is 15.8. The van der Waals surface area contributed by atoms with Gasteiger partial charge in [0.1, 0.15) is 13.9 Å². The van der Waals surface area contributed by atoms with Crippen LogP contribution in [0.25, 0.3) is 0 Å². The van der Waals surface area contributed by atoms with Crippen LogP contribution in [0.2, 0.25) is 13.1 Å². The van der Waals surface area contributed by atoms with Gasteiger partial charge in [-0.05, 0) is 26.2 Å². The molecule has 2 heteroatoms. The molecule has 0 amide bonds. The van der Waals surface area contributed by atoms with Crippen LogP contribution in [0.3, 0.4) is 0 Å². The fourth-order valence-corrected chi connectivity index (χ4v) is 5.75. The van der Waals surface area contributed by atoms with Crippen molar-refractivity contribution in [3.05, 3.63) is 41.6 Å². The first kappa shape index (κ1) is 18.9. The summed E-state index contributed by atoms with van der Waals surface area (Å²) in [5.41, 5.74) is 0. The van der Waals surface area contributed by atoms with Crippen LogP contribution in [0.1, 0.15) is 58.8 Å². The standard InChI is InChI=1S/C20H32OSi/c1-5-6-7-9-14-20(17-12-13-18(2)21)22(3,4)19-15-10-8-11-16-19/h8,10-11,15-17H,5-7,9,12-14H2,1-4H3/b20-17-. The van der Waals surface area contributed by atoms with Gasteiger partial charge in [-0.3, -0.25) is 0 Å². The Bertz CT molecular complexity index is 474. The Morgan fingerprint density at radius 3 is 2.32 bits per heavy atom. The third kappa shape index (κ3) is 6.31. The van der Waals surface area contributed by atoms with Crippen molar-refractivity contribution in [3.63, 3.8) is 0 Å². The van der Waals surface area contributed by atoms with Crippen molar-refractivity contribution >= 4 is 19.0 Å². The molecule has 0 unspecified atom stereocenters. The van der Waals surface area contributed by atoms with Crippen LogP contribution in [0.15, 0.2) is 41.6 Å². The molecule has 0 radical (unpaired) electrons. The van der Waals surface area contributed by atoms with Crippen molar-refractivity contribution in [2.45, 2.75) is 71.9 Å². The number of Topliss-reactive ketones (excluding diaryl/α,β-unsaturated/α-hetero) is 1. The minimum Gasteiger partial charge on any atom is -0.300 e. The smallest absolute Gasteiger partial charge is 0.130 e. The van der Waals surface area contributed by atoms with Gasteiger partial charge >= 0.3 is 0 Å². The SMILES string of the molecule is CCCCCC/C(=C/CCC(C)=O)[Si](C)(C)c1ccccc1. The summed E-state index contributed by atoms with van der Waals surface area (Å²) in [4.78, 5) is 11.2. The Kier molecular flexibility index (Phi) is 8.40. The normalized spacial score (nSPS) is 12.5. The average Bonchev–Trinajstić information content (AvgIpc) is 2.50. The molecule has 0 saturated heterocycles. The number of carbonyl (C=O) groups is 1. The summed E-state index contributed by atoms with van der Waals surface area (Å²) in [6.45, 7) is 8.84. The molecule has 1 aromatic carbocycles. The second-order valence-electron chi connectivity index (χ2n) is 6.77. The van der Waals surface area contributed by atoms with E-state index in [4.69, 9.17) is 0 Å². The Morgan fingerprint density at radius 1 is 1.05 bits per heavy atom. The fraction of sp³-hybridized carbons (Fsp3) is 0.550. The predicted octanol–water partition coefficient (Wildman–Crippen LogP) is 5.41. The lowest BCUT2D eigenvalue weighted by atomic mass is 10.1. The lowest BCUT2D eigenvalue weighted by Gasteiger charge is -2.27. The highest BCUT2D eigenvalue weighted by Crippen LogP contribution is 2.22. The maximum atomic E-state index is 11.2. The van der Waals surface area contributed by atoms with Gasteiger partial charge in [-0.2, -0.15) is 0 Å². The predicted molar refractivity (Wildman–Crippen MR) is 100 cm³/mol. The highest BCUT2D eigenvalue weighted by atomic mass is 28.3. The number of carbonyl (C=O) groups excluding carboxylic acids is 1. The van der Waals surface area contributed by atoms with Crippen LogP contribution < -0.4 is 5.19 Å². The molecule has 0 atom stereocenters. The molecule has 0 aliphatic heterocycles. The largest absolute Gasteiger partial charge is 0.300 e. The Hall–Kier alpha value is -1.15. The molecule has 0 aliphatic rings. The van der Waals surface area contributed by atoms with E-state index in [1.165, 1.54) is 37.3 Å². The van der Waals surface area contributed by atoms with E-state index in [2.05, 4.69) is 56.4 Å². The summed E-state index contributed by atoms with van der Waals surface area (Å²) in [7, 11) is -1.59. The van der Waals surface area contributed by atoms with Crippen LogP contribution >= 0.6 is 0 Å². The van der Waals surface area contributed by atoms with Gasteiger partial charge in [-0.15, -0.1) is 0 Å². The van der Waals surface area contributed by atoms with Crippen molar-refractivity contribution in [2.75, 3.05) is 0 Å². The summed E-state index contributed by atoms with van der Waals surface area (Å²) >= 11 is 0. The first-order valence-corrected chi connectivity index (χ1v) is 11.7. The van der Waals surface area contributed by atoms with Crippen LogP contribution in [0.5, 0.6) is 0 Å². The highest BCUT2D eigenvalue weighted by molar-refractivity contribution is 6.95. The van der Waals surface area contributed by atoms with Crippen LogP contribution in [-0.2, 0) is 4.79 Å². The Balaban J connectivity index is 2.84. The van der Waals surface area contributed by atoms with E-state index in [1.54, 1.807) is 12.1 Å². The Morgan fingerprint density at radius 2 is 1.73 bits per heavy atom. The average molecular weight is 317 g/mol. The monoisotopic (exact) mass is 316 g/mol. The lowest BCUT2D eigenvalue weighted by Crippen LogP contribution is -2.43. The number of allylic oxidation sites excluding steroid dienone is 2. The second-order valence-corrected chi connectivity index (χ2v) is 11.2. The molecule has 1 rings (SSSR count). The molecular formula is C20H32OSi. The van der Waals surface area contributed by atoms with Gasteiger partial charge in [0, 0.05) is 6.42 Å². The molecule has 0 heterocycles. The van der Waals surface area contributed by atoms with Crippen LogP contribution in [-0.4, -0.2) is 13.9 Å². The quantitative estimate of drug-likeness (QED) is 0.417. The molecule has 0 fully saturated rings. The zero-order valence-electron chi connectivity index (χ0n) is 14.8. The molecule has 1 nitrogen and oxygen atoms in total. The molecule has 0 N–H and O–H groups in total. The molecule has 22 heavy (non-hydrogen) atoms. The minimum absolute atomic E-state index is 0.292. The van der Waals surface area contributed by atoms with Gasteiger partial charge in [0.05, 0.1) is 0 Å². The molecule has 0 aromatic heterocycles. The van der Waals surface area contributed by atoms with E-state index in [0.717, 1.165) is 6.42 Å². The first-order valence-electron chi connectivity index (χ1n) is 8.73. The molecule has 0 saturated carbocycles. The third-order valence-electron chi connectivity index (χ3n) is 4.49. The van der Waals surface area contributed by atoms with Crippen LogP contribution in [0.4, 0.5) is 0 Å². The molecule has 0 aliphatic carbocycles. The van der Waals surface area contributed by atoms with E-state index in [-0.39, 0.29) is 0 Å². The van der Waals surface area contributed by atoms with Gasteiger partial charge in [-0.1, -0.05) is 86.1 Å². The summed E-state index contributed by atoms with van der Waals surface area (Å²) in [5, 5.41) is 3.12. The topological polar surface area (TPSA) is 17.1 Å². The van der Waals surface area contributed by atoms with Crippen molar-refractivity contribution in [3.8, 4) is 0 Å². The van der Waals surface area contributed by atoms with Crippen molar-refractivity contribution in [1.82, 2.24) is 0 Å². The maximum Gasteiger partial charge on any atom is 0.130 e. The van der Waals surface area contributed by atoms with E-state index in [0.29, 0.717) is 12.2 Å². The number of ketones is 1. The van der Waals surface area contributed by atoms with Gasteiger partial charge in [0.25, 0.3) is 0 Å². The van der Waals surface area contributed by atoms with Gasteiger partial charge in [0.15, 0.2) is 0 Å². The maximum absolute atomic E-state index is 11.2. The molecule has 122 valence electrons. The van der Waals surface area contributed by atoms with Gasteiger partial charge in [-0.25, -0.2) is 0 Å². The van der Waals surface area contributed by atoms with Crippen molar-refractivity contribution in [2.24, 2.45) is 0 Å². The number of hydrogen-bond donors (Lipinski definition) is 0. The van der Waals surface area contributed by atoms with Gasteiger partial charge < -0.3 is 4.79 Å². The second kappa shape index (κ2) is 9.78. The fourth-order valence-electron chi connectivity index (χ4n) is 2.90. The summed E-state index contributed by atoms with van der Waals surface area (Å²) < 4.78 is 0. The van der Waals surface area contributed by atoms with Crippen molar-refractivity contribution < 1.29 is 4.79 Å². The van der Waals surface area contributed by atoms with E-state index in [1.807, 2.05) is 0 Å². The summed E-state index contributed by atoms with van der Waals surface area (Å²) in [6.07, 6.45) is 10.4. The van der Waals surface area contributed by atoms with E-state index in [9.17, 15) is 4.79 Å². The van der Waals surface area contributed by atoms with Crippen LogP contribution in [0, 0.1) is 0 Å². The zero-order chi connectivity index (χ0) is 16.4. The number of unbranched alkanes of at least 4 members (excludes halogenated alkanes) is 3. The van der Waals surface area contributed by atoms with Gasteiger partial charge in [0.2, 0.25) is 0 Å². The molecule has 1 aromatic rings. The van der Waals surface area contributed by atoms with E-state index >= 15 is 0 Å². The number of benzene rings is 1. The first-order chi connectivity index (χ1) is 10.5. The van der Waals surface area contributed by atoms with E-state index < -0.39 is 8.07 Å². The molecule has 0 spiro atoms.